The van der Waals surface area contributed by atoms with Crippen molar-refractivity contribution in [3.05, 3.63) is 65.5 Å². The molecule has 0 atom stereocenters. The van der Waals surface area contributed by atoms with Crippen LogP contribution in [0.25, 0.3) is 27.9 Å². The predicted octanol–water partition coefficient (Wildman–Crippen LogP) is 5.15. The van der Waals surface area contributed by atoms with Crippen LogP contribution in [0, 0.1) is 18.6 Å². The second kappa shape index (κ2) is 5.48. The molecule has 4 aromatic rings. The van der Waals surface area contributed by atoms with E-state index in [1.807, 2.05) is 0 Å². The van der Waals surface area contributed by atoms with Crippen LogP contribution in [-0.2, 0) is 6.18 Å². The van der Waals surface area contributed by atoms with Crippen molar-refractivity contribution in [2.75, 3.05) is 0 Å². The summed E-state index contributed by atoms with van der Waals surface area (Å²) in [5, 5.41) is 0.541. The van der Waals surface area contributed by atoms with Crippen molar-refractivity contribution < 1.29 is 22.0 Å². The molecular formula is C18H10F5N3. The molecule has 132 valence electrons. The number of alkyl halides is 3. The molecule has 0 aliphatic heterocycles. The fourth-order valence-electron chi connectivity index (χ4n) is 2.83. The zero-order valence-electron chi connectivity index (χ0n) is 13.3. The SMILES string of the molecule is Cc1cc(C(F)(F)F)nc2c1ccc1nc(-c3ccc(F)c(F)c3)cn12. The third kappa shape index (κ3) is 2.58. The lowest BCUT2D eigenvalue weighted by Crippen LogP contribution is -2.09. The van der Waals surface area contributed by atoms with Crippen LogP contribution in [0.2, 0.25) is 0 Å². The summed E-state index contributed by atoms with van der Waals surface area (Å²) in [7, 11) is 0. The summed E-state index contributed by atoms with van der Waals surface area (Å²) in [5.41, 5.74) is 0.475. The maximum absolute atomic E-state index is 13.5. The Bertz CT molecular complexity index is 1160. The van der Waals surface area contributed by atoms with Gasteiger partial charge in [-0.2, -0.15) is 13.2 Å². The maximum Gasteiger partial charge on any atom is 0.433 e. The van der Waals surface area contributed by atoms with Gasteiger partial charge in [0.25, 0.3) is 0 Å². The van der Waals surface area contributed by atoms with E-state index in [-0.39, 0.29) is 5.65 Å². The van der Waals surface area contributed by atoms with Crippen molar-refractivity contribution in [3.8, 4) is 11.3 Å². The predicted molar refractivity (Wildman–Crippen MR) is 85.6 cm³/mol. The van der Waals surface area contributed by atoms with Crippen molar-refractivity contribution in [2.24, 2.45) is 0 Å². The summed E-state index contributed by atoms with van der Waals surface area (Å²) in [6, 6.07) is 7.56. The Kier molecular flexibility index (Phi) is 3.47. The molecule has 3 aromatic heterocycles. The lowest BCUT2D eigenvalue weighted by Gasteiger charge is -2.10. The molecule has 0 radical (unpaired) electrons. The van der Waals surface area contributed by atoms with Gasteiger partial charge in [-0.25, -0.2) is 18.7 Å². The number of halogens is 5. The highest BCUT2D eigenvalue weighted by Gasteiger charge is 2.33. The van der Waals surface area contributed by atoms with Crippen LogP contribution >= 0.6 is 0 Å². The summed E-state index contributed by atoms with van der Waals surface area (Å²) in [6.45, 7) is 1.57. The molecule has 26 heavy (non-hydrogen) atoms. The van der Waals surface area contributed by atoms with Gasteiger partial charge in [0.05, 0.1) is 5.69 Å². The van der Waals surface area contributed by atoms with Gasteiger partial charge in [-0.3, -0.25) is 4.40 Å². The van der Waals surface area contributed by atoms with Crippen molar-refractivity contribution in [1.29, 1.82) is 0 Å². The van der Waals surface area contributed by atoms with Crippen LogP contribution < -0.4 is 0 Å². The summed E-state index contributed by atoms with van der Waals surface area (Å²) in [5.74, 6) is -2.02. The van der Waals surface area contributed by atoms with E-state index in [0.29, 0.717) is 27.9 Å². The Labute approximate surface area is 143 Å². The normalized spacial score (nSPS) is 12.2. The fourth-order valence-corrected chi connectivity index (χ4v) is 2.83. The van der Waals surface area contributed by atoms with E-state index in [1.54, 1.807) is 19.1 Å². The monoisotopic (exact) mass is 363 g/mol. The van der Waals surface area contributed by atoms with Gasteiger partial charge in [0.1, 0.15) is 17.0 Å². The third-order valence-electron chi connectivity index (χ3n) is 4.11. The van der Waals surface area contributed by atoms with E-state index >= 15 is 0 Å². The minimum absolute atomic E-state index is 0.0937. The molecule has 0 saturated carbocycles. The molecule has 0 saturated heterocycles. The fraction of sp³-hybridized carbons (Fsp3) is 0.111. The van der Waals surface area contributed by atoms with Crippen LogP contribution in [0.3, 0.4) is 0 Å². The van der Waals surface area contributed by atoms with Gasteiger partial charge in [0, 0.05) is 17.1 Å². The summed E-state index contributed by atoms with van der Waals surface area (Å²) in [6.07, 6.45) is -3.12. The quantitative estimate of drug-likeness (QED) is 0.438. The number of rotatable bonds is 1. The minimum Gasteiger partial charge on any atom is -0.283 e. The average Bonchev–Trinajstić information content (AvgIpc) is 3.01. The topological polar surface area (TPSA) is 30.2 Å². The second-order valence-electron chi connectivity index (χ2n) is 5.88. The molecule has 0 unspecified atom stereocenters. The molecule has 0 N–H and O–H groups in total. The van der Waals surface area contributed by atoms with E-state index in [2.05, 4.69) is 9.97 Å². The molecular weight excluding hydrogens is 353 g/mol. The molecule has 0 bridgehead atoms. The summed E-state index contributed by atoms with van der Waals surface area (Å²) < 4.78 is 67.2. The molecule has 1 aromatic carbocycles. The highest BCUT2D eigenvalue weighted by Crippen LogP contribution is 2.31. The highest BCUT2D eigenvalue weighted by atomic mass is 19.4. The first-order chi connectivity index (χ1) is 12.2. The van der Waals surface area contributed by atoms with Crippen molar-refractivity contribution >= 4 is 16.7 Å². The molecule has 0 aliphatic rings. The standard InChI is InChI=1S/C18H10F5N3/c1-9-6-15(18(21,22)23)25-17-11(9)3-5-16-24-14(8-26(16)17)10-2-4-12(19)13(20)7-10/h2-8H,1H3. The Morgan fingerprint density at radius 3 is 2.38 bits per heavy atom. The maximum atomic E-state index is 13.5. The number of hydrogen-bond acceptors (Lipinski definition) is 2. The third-order valence-corrected chi connectivity index (χ3v) is 4.11. The molecule has 3 heterocycles. The Balaban J connectivity index is 1.99. The van der Waals surface area contributed by atoms with Crippen molar-refractivity contribution in [3.63, 3.8) is 0 Å². The Morgan fingerprint density at radius 1 is 0.923 bits per heavy atom. The van der Waals surface area contributed by atoms with Crippen molar-refractivity contribution in [2.45, 2.75) is 13.1 Å². The van der Waals surface area contributed by atoms with Gasteiger partial charge < -0.3 is 0 Å². The molecule has 4 rings (SSSR count). The van der Waals surface area contributed by atoms with Gasteiger partial charge in [-0.05, 0) is 48.9 Å². The van der Waals surface area contributed by atoms with Crippen LogP contribution in [0.5, 0.6) is 0 Å². The molecule has 8 heteroatoms. The van der Waals surface area contributed by atoms with Crippen LogP contribution in [0.4, 0.5) is 22.0 Å². The van der Waals surface area contributed by atoms with E-state index < -0.39 is 23.5 Å². The van der Waals surface area contributed by atoms with Gasteiger partial charge >= 0.3 is 6.18 Å². The van der Waals surface area contributed by atoms with Gasteiger partial charge in [-0.1, -0.05) is 0 Å². The first kappa shape index (κ1) is 16.4. The number of aryl methyl sites for hydroxylation is 1. The smallest absolute Gasteiger partial charge is 0.283 e. The number of aromatic nitrogens is 3. The first-order valence-corrected chi connectivity index (χ1v) is 7.56. The van der Waals surface area contributed by atoms with Gasteiger partial charge in [0.15, 0.2) is 11.6 Å². The molecule has 0 fully saturated rings. The number of hydrogen-bond donors (Lipinski definition) is 0. The van der Waals surface area contributed by atoms with Gasteiger partial charge in [-0.15, -0.1) is 0 Å². The number of fused-ring (bicyclic) bond motifs is 3. The van der Waals surface area contributed by atoms with Crippen LogP contribution in [-0.4, -0.2) is 14.4 Å². The lowest BCUT2D eigenvalue weighted by atomic mass is 10.1. The number of imidazole rings is 1. The number of benzene rings is 1. The average molecular weight is 363 g/mol. The number of pyridine rings is 2. The van der Waals surface area contributed by atoms with E-state index in [9.17, 15) is 22.0 Å². The largest absolute Gasteiger partial charge is 0.433 e. The van der Waals surface area contributed by atoms with E-state index in [0.717, 1.165) is 18.2 Å². The minimum atomic E-state index is -4.58. The van der Waals surface area contributed by atoms with E-state index in [1.165, 1.54) is 16.7 Å². The lowest BCUT2D eigenvalue weighted by molar-refractivity contribution is -0.141. The van der Waals surface area contributed by atoms with Gasteiger partial charge in [0.2, 0.25) is 0 Å². The van der Waals surface area contributed by atoms with Crippen LogP contribution in [0.15, 0.2) is 42.6 Å². The Morgan fingerprint density at radius 2 is 1.69 bits per heavy atom. The second-order valence-corrected chi connectivity index (χ2v) is 5.88. The van der Waals surface area contributed by atoms with E-state index in [4.69, 9.17) is 0 Å². The number of nitrogens with zero attached hydrogens (tertiary/aromatic N) is 3. The molecule has 3 nitrogen and oxygen atoms in total. The van der Waals surface area contributed by atoms with Crippen LogP contribution in [0.1, 0.15) is 11.3 Å². The summed E-state index contributed by atoms with van der Waals surface area (Å²) in [4.78, 5) is 8.02. The van der Waals surface area contributed by atoms with Crippen molar-refractivity contribution in [1.82, 2.24) is 14.4 Å². The zero-order chi connectivity index (χ0) is 18.6. The highest BCUT2D eigenvalue weighted by molar-refractivity contribution is 5.83. The zero-order valence-corrected chi connectivity index (χ0v) is 13.3. The summed E-state index contributed by atoms with van der Waals surface area (Å²) >= 11 is 0. The molecule has 0 amide bonds. The molecule has 0 aliphatic carbocycles. The first-order valence-electron chi connectivity index (χ1n) is 7.56. The Hall–Kier alpha value is -3.03. The molecule has 0 spiro atoms.